The lowest BCUT2D eigenvalue weighted by molar-refractivity contribution is 0.0192. The Bertz CT molecular complexity index is 408. The predicted molar refractivity (Wildman–Crippen MR) is 72.9 cm³/mol. The fraction of sp³-hybridized carbons (Fsp3) is 0.643. The fourth-order valence-electron chi connectivity index (χ4n) is 3.04. The van der Waals surface area contributed by atoms with Crippen LogP contribution in [0, 0.1) is 0 Å². The molecule has 0 radical (unpaired) electrons. The Labute approximate surface area is 112 Å². The van der Waals surface area contributed by atoms with Crippen LogP contribution in [0.5, 0.6) is 5.88 Å². The van der Waals surface area contributed by atoms with Crippen LogP contribution < -0.4 is 4.74 Å². The summed E-state index contributed by atoms with van der Waals surface area (Å²) in [6.07, 6.45) is 6.01. The average molecular weight is 265 g/mol. The van der Waals surface area contributed by atoms with Crippen LogP contribution in [-0.4, -0.2) is 27.2 Å². The van der Waals surface area contributed by atoms with Gasteiger partial charge in [0.05, 0.1) is 12.2 Å². The highest BCUT2D eigenvalue weighted by atomic mass is 32.2. The Kier molecular flexibility index (Phi) is 3.24. The van der Waals surface area contributed by atoms with E-state index in [-0.39, 0.29) is 0 Å². The van der Waals surface area contributed by atoms with Gasteiger partial charge in [0.25, 0.3) is 0 Å². The summed E-state index contributed by atoms with van der Waals surface area (Å²) >= 11 is 2.06. The summed E-state index contributed by atoms with van der Waals surface area (Å²) in [5, 5.41) is 12.1. The first-order valence-corrected chi connectivity index (χ1v) is 7.61. The lowest BCUT2D eigenvalue weighted by atomic mass is 9.87. The number of thioether (sulfide) groups is 1. The highest BCUT2D eigenvalue weighted by Gasteiger charge is 2.44. The van der Waals surface area contributed by atoms with Gasteiger partial charge in [0.1, 0.15) is 0 Å². The molecule has 3 nitrogen and oxygen atoms in total. The number of ether oxygens (including phenoxy) is 1. The van der Waals surface area contributed by atoms with Crippen LogP contribution in [0.15, 0.2) is 18.3 Å². The summed E-state index contributed by atoms with van der Waals surface area (Å²) < 4.78 is 5.34. The monoisotopic (exact) mass is 265 g/mol. The highest BCUT2D eigenvalue weighted by Crippen LogP contribution is 2.51. The summed E-state index contributed by atoms with van der Waals surface area (Å²) in [6.45, 7) is 2.57. The van der Waals surface area contributed by atoms with Crippen LogP contribution in [0.4, 0.5) is 0 Å². The van der Waals surface area contributed by atoms with E-state index in [0.29, 0.717) is 23.0 Å². The molecule has 1 aromatic rings. The molecule has 0 aliphatic carbocycles. The number of fused-ring (bicyclic) bond motifs is 2. The van der Waals surface area contributed by atoms with E-state index in [1.807, 2.05) is 19.1 Å². The second-order valence-electron chi connectivity index (χ2n) is 5.22. The largest absolute Gasteiger partial charge is 0.478 e. The molecule has 2 unspecified atom stereocenters. The summed E-state index contributed by atoms with van der Waals surface area (Å²) in [7, 11) is 0. The van der Waals surface area contributed by atoms with Crippen molar-refractivity contribution in [1.29, 1.82) is 0 Å². The zero-order chi connectivity index (χ0) is 12.6. The minimum Gasteiger partial charge on any atom is -0.478 e. The molecular weight excluding hydrogens is 246 g/mol. The number of nitrogens with zero attached hydrogens (tertiary/aromatic N) is 1. The van der Waals surface area contributed by atoms with E-state index in [1.165, 1.54) is 12.8 Å². The standard InChI is InChI=1S/C14H19NO2S/c1-2-17-13-6-3-10(9-15-13)14(16)7-11-4-5-12(8-14)18-11/h3,6,9,11-12,16H,2,4-5,7-8H2,1H3. The highest BCUT2D eigenvalue weighted by molar-refractivity contribution is 8.00. The van der Waals surface area contributed by atoms with Crippen molar-refractivity contribution in [2.24, 2.45) is 0 Å². The minimum atomic E-state index is -0.672. The van der Waals surface area contributed by atoms with E-state index in [2.05, 4.69) is 16.7 Å². The van der Waals surface area contributed by atoms with Crippen molar-refractivity contribution in [2.45, 2.75) is 48.7 Å². The first-order chi connectivity index (χ1) is 8.69. The zero-order valence-electron chi connectivity index (χ0n) is 10.6. The lowest BCUT2D eigenvalue weighted by Gasteiger charge is -2.36. The van der Waals surface area contributed by atoms with Crippen LogP contribution in [0.1, 0.15) is 38.2 Å². The van der Waals surface area contributed by atoms with Crippen molar-refractivity contribution >= 4 is 11.8 Å². The first-order valence-electron chi connectivity index (χ1n) is 6.67. The number of pyridine rings is 1. The van der Waals surface area contributed by atoms with E-state index >= 15 is 0 Å². The topological polar surface area (TPSA) is 42.4 Å². The van der Waals surface area contributed by atoms with Crippen LogP contribution in [0.2, 0.25) is 0 Å². The van der Waals surface area contributed by atoms with Gasteiger partial charge < -0.3 is 9.84 Å². The fourth-order valence-corrected chi connectivity index (χ4v) is 4.87. The van der Waals surface area contributed by atoms with E-state index in [1.54, 1.807) is 6.20 Å². The number of hydrogen-bond acceptors (Lipinski definition) is 4. The van der Waals surface area contributed by atoms with E-state index in [9.17, 15) is 5.11 Å². The van der Waals surface area contributed by atoms with Crippen LogP contribution in [0.25, 0.3) is 0 Å². The quantitative estimate of drug-likeness (QED) is 0.912. The molecule has 18 heavy (non-hydrogen) atoms. The van der Waals surface area contributed by atoms with E-state index < -0.39 is 5.60 Å². The van der Waals surface area contributed by atoms with Gasteiger partial charge in [-0.05, 0) is 38.7 Å². The molecule has 0 saturated carbocycles. The summed E-state index contributed by atoms with van der Waals surface area (Å²) in [5.74, 6) is 0.637. The molecule has 3 rings (SSSR count). The smallest absolute Gasteiger partial charge is 0.213 e. The molecule has 2 saturated heterocycles. The SMILES string of the molecule is CCOc1ccc(C2(O)CC3CCC(C2)S3)cn1. The number of hydrogen-bond donors (Lipinski definition) is 1. The van der Waals surface area contributed by atoms with Crippen LogP contribution in [0.3, 0.4) is 0 Å². The molecule has 3 heterocycles. The van der Waals surface area contributed by atoms with Crippen molar-refractivity contribution in [3.8, 4) is 5.88 Å². The number of aromatic nitrogens is 1. The van der Waals surface area contributed by atoms with Gasteiger partial charge in [-0.1, -0.05) is 0 Å². The molecule has 0 aromatic carbocycles. The summed E-state index contributed by atoms with van der Waals surface area (Å²) in [5.41, 5.74) is 0.276. The second kappa shape index (κ2) is 4.74. The van der Waals surface area contributed by atoms with Crippen molar-refractivity contribution in [2.75, 3.05) is 6.61 Å². The van der Waals surface area contributed by atoms with Gasteiger partial charge in [0, 0.05) is 28.3 Å². The molecule has 2 aliphatic rings. The van der Waals surface area contributed by atoms with Crippen LogP contribution in [-0.2, 0) is 5.60 Å². The Hall–Kier alpha value is -0.740. The van der Waals surface area contributed by atoms with Gasteiger partial charge >= 0.3 is 0 Å². The van der Waals surface area contributed by atoms with Gasteiger partial charge in [-0.2, -0.15) is 11.8 Å². The zero-order valence-corrected chi connectivity index (χ0v) is 11.4. The maximum atomic E-state index is 10.9. The normalized spacial score (nSPS) is 34.6. The molecule has 2 aliphatic heterocycles. The van der Waals surface area contributed by atoms with E-state index in [4.69, 9.17) is 4.74 Å². The molecule has 4 heteroatoms. The minimum absolute atomic E-state index is 0.622. The Morgan fingerprint density at radius 1 is 1.39 bits per heavy atom. The molecule has 2 atom stereocenters. The molecule has 2 fully saturated rings. The van der Waals surface area contributed by atoms with Gasteiger partial charge in [-0.25, -0.2) is 4.98 Å². The molecule has 1 N–H and O–H groups in total. The third-order valence-electron chi connectivity index (χ3n) is 3.89. The lowest BCUT2D eigenvalue weighted by Crippen LogP contribution is -2.34. The number of aliphatic hydroxyl groups is 1. The maximum Gasteiger partial charge on any atom is 0.213 e. The maximum absolute atomic E-state index is 10.9. The average Bonchev–Trinajstić information content (AvgIpc) is 2.70. The first kappa shape index (κ1) is 12.3. The Morgan fingerprint density at radius 2 is 2.11 bits per heavy atom. The number of rotatable bonds is 3. The van der Waals surface area contributed by atoms with Gasteiger partial charge in [-0.3, -0.25) is 0 Å². The van der Waals surface area contributed by atoms with Crippen molar-refractivity contribution in [3.63, 3.8) is 0 Å². The second-order valence-corrected chi connectivity index (χ2v) is 6.82. The summed E-state index contributed by atoms with van der Waals surface area (Å²) in [6, 6.07) is 3.83. The molecule has 0 spiro atoms. The van der Waals surface area contributed by atoms with Gasteiger partial charge in [0.15, 0.2) is 0 Å². The molecule has 2 bridgehead atoms. The molecular formula is C14H19NO2S. The van der Waals surface area contributed by atoms with Crippen molar-refractivity contribution in [3.05, 3.63) is 23.9 Å². The summed E-state index contributed by atoms with van der Waals surface area (Å²) in [4.78, 5) is 4.27. The Morgan fingerprint density at radius 3 is 2.67 bits per heavy atom. The molecule has 98 valence electrons. The van der Waals surface area contributed by atoms with Crippen molar-refractivity contribution in [1.82, 2.24) is 4.98 Å². The van der Waals surface area contributed by atoms with Crippen LogP contribution >= 0.6 is 11.8 Å². The Balaban J connectivity index is 1.80. The predicted octanol–water partition coefficient (Wildman–Crippen LogP) is 2.73. The van der Waals surface area contributed by atoms with E-state index in [0.717, 1.165) is 18.4 Å². The third kappa shape index (κ3) is 2.24. The molecule has 0 amide bonds. The van der Waals surface area contributed by atoms with Crippen molar-refractivity contribution < 1.29 is 9.84 Å². The van der Waals surface area contributed by atoms with Gasteiger partial charge in [-0.15, -0.1) is 0 Å². The third-order valence-corrected chi connectivity index (χ3v) is 5.47. The van der Waals surface area contributed by atoms with Gasteiger partial charge in [0.2, 0.25) is 5.88 Å². The molecule has 1 aromatic heterocycles.